The lowest BCUT2D eigenvalue weighted by atomic mass is 10.1. The maximum atomic E-state index is 12.9. The quantitative estimate of drug-likeness (QED) is 0.789. The fraction of sp³-hybridized carbons (Fsp3) is 0.350. The summed E-state index contributed by atoms with van der Waals surface area (Å²) in [5.41, 5.74) is 2.62. The summed E-state index contributed by atoms with van der Waals surface area (Å²) in [4.78, 5) is 25.4. The number of benzene rings is 1. The number of aryl methyl sites for hydroxylation is 1. The van der Waals surface area contributed by atoms with E-state index < -0.39 is 0 Å². The molecule has 0 saturated carbocycles. The summed E-state index contributed by atoms with van der Waals surface area (Å²) in [6.45, 7) is 4.63. The summed E-state index contributed by atoms with van der Waals surface area (Å²) in [5, 5.41) is 0. The van der Waals surface area contributed by atoms with E-state index in [1.807, 2.05) is 31.2 Å². The van der Waals surface area contributed by atoms with E-state index >= 15 is 0 Å². The predicted molar refractivity (Wildman–Crippen MR) is 98.2 cm³/mol. The lowest BCUT2D eigenvalue weighted by molar-refractivity contribution is 0.0760. The molecule has 0 radical (unpaired) electrons. The zero-order valence-electron chi connectivity index (χ0n) is 14.5. The Hall–Kier alpha value is -2.87. The molecule has 5 nitrogen and oxygen atoms in total. The van der Waals surface area contributed by atoms with Crippen LogP contribution < -0.4 is 4.90 Å². The van der Waals surface area contributed by atoms with Gasteiger partial charge in [-0.1, -0.05) is 35.7 Å². The molecule has 0 aliphatic carbocycles. The van der Waals surface area contributed by atoms with E-state index in [9.17, 15) is 4.79 Å². The predicted octanol–water partition coefficient (Wildman–Crippen LogP) is 2.66. The first-order valence-electron chi connectivity index (χ1n) is 8.53. The van der Waals surface area contributed by atoms with Gasteiger partial charge in [0.25, 0.3) is 5.91 Å². The molecule has 1 fully saturated rings. The molecule has 0 atom stereocenters. The molecule has 0 bridgehead atoms. The molecule has 1 amide bonds. The van der Waals surface area contributed by atoms with Gasteiger partial charge in [0, 0.05) is 25.8 Å². The SMILES string of the molecule is C#CCN(Cc1ccc(C)cc1)C(=O)c1ccnc(N2CCCC2)n1. The van der Waals surface area contributed by atoms with Gasteiger partial charge in [-0.05, 0) is 31.4 Å². The molecule has 1 saturated heterocycles. The van der Waals surface area contributed by atoms with Crippen molar-refractivity contribution in [2.24, 2.45) is 0 Å². The smallest absolute Gasteiger partial charge is 0.273 e. The Morgan fingerprint density at radius 2 is 1.96 bits per heavy atom. The lowest BCUT2D eigenvalue weighted by Crippen LogP contribution is -2.32. The van der Waals surface area contributed by atoms with E-state index in [4.69, 9.17) is 6.42 Å². The number of rotatable bonds is 5. The zero-order valence-corrected chi connectivity index (χ0v) is 14.5. The molecular formula is C20H22N4O. The van der Waals surface area contributed by atoms with E-state index in [-0.39, 0.29) is 12.5 Å². The van der Waals surface area contributed by atoms with Crippen molar-refractivity contribution in [1.29, 1.82) is 0 Å². The van der Waals surface area contributed by atoms with Gasteiger partial charge in [-0.3, -0.25) is 4.79 Å². The third-order valence-electron chi connectivity index (χ3n) is 4.31. The lowest BCUT2D eigenvalue weighted by Gasteiger charge is -2.21. The normalized spacial score (nSPS) is 13.5. The fourth-order valence-electron chi connectivity index (χ4n) is 2.92. The van der Waals surface area contributed by atoms with Crippen LogP contribution in [0.4, 0.5) is 5.95 Å². The number of anilines is 1. The Morgan fingerprint density at radius 1 is 1.24 bits per heavy atom. The molecule has 1 aromatic carbocycles. The summed E-state index contributed by atoms with van der Waals surface area (Å²) < 4.78 is 0. The highest BCUT2D eigenvalue weighted by Crippen LogP contribution is 2.16. The first-order chi connectivity index (χ1) is 12.2. The molecule has 1 aliphatic heterocycles. The number of aromatic nitrogens is 2. The van der Waals surface area contributed by atoms with Gasteiger partial charge in [-0.15, -0.1) is 6.42 Å². The molecule has 3 rings (SSSR count). The molecule has 2 aromatic rings. The third-order valence-corrected chi connectivity index (χ3v) is 4.31. The number of terminal acetylenes is 1. The maximum Gasteiger partial charge on any atom is 0.273 e. The van der Waals surface area contributed by atoms with Crippen molar-refractivity contribution in [3.05, 3.63) is 53.3 Å². The zero-order chi connectivity index (χ0) is 17.6. The minimum Gasteiger partial charge on any atom is -0.341 e. The molecular weight excluding hydrogens is 312 g/mol. The van der Waals surface area contributed by atoms with Crippen molar-refractivity contribution in [3.8, 4) is 12.3 Å². The Bertz CT molecular complexity index is 773. The molecule has 25 heavy (non-hydrogen) atoms. The number of hydrogen-bond acceptors (Lipinski definition) is 4. The number of hydrogen-bond donors (Lipinski definition) is 0. The Labute approximate surface area is 148 Å². The topological polar surface area (TPSA) is 49.3 Å². The second-order valence-corrected chi connectivity index (χ2v) is 6.29. The summed E-state index contributed by atoms with van der Waals surface area (Å²) in [7, 11) is 0. The van der Waals surface area contributed by atoms with Crippen molar-refractivity contribution in [2.75, 3.05) is 24.5 Å². The molecule has 0 spiro atoms. The first-order valence-corrected chi connectivity index (χ1v) is 8.53. The van der Waals surface area contributed by atoms with E-state index in [1.165, 1.54) is 5.56 Å². The summed E-state index contributed by atoms with van der Waals surface area (Å²) >= 11 is 0. The largest absolute Gasteiger partial charge is 0.341 e. The third kappa shape index (κ3) is 4.16. The highest BCUT2D eigenvalue weighted by molar-refractivity contribution is 5.92. The van der Waals surface area contributed by atoms with Crippen LogP contribution in [0.5, 0.6) is 0 Å². The Kier molecular flexibility index (Phi) is 5.30. The molecule has 5 heteroatoms. The van der Waals surface area contributed by atoms with Crippen LogP contribution in [-0.2, 0) is 6.54 Å². The van der Waals surface area contributed by atoms with Gasteiger partial charge in [0.05, 0.1) is 6.54 Å². The minimum atomic E-state index is -0.165. The second-order valence-electron chi connectivity index (χ2n) is 6.29. The highest BCUT2D eigenvalue weighted by atomic mass is 16.2. The Balaban J connectivity index is 1.79. The number of nitrogens with zero attached hydrogens (tertiary/aromatic N) is 4. The molecule has 0 N–H and O–H groups in total. The Morgan fingerprint density at radius 3 is 2.64 bits per heavy atom. The monoisotopic (exact) mass is 334 g/mol. The van der Waals surface area contributed by atoms with Gasteiger partial charge in [-0.2, -0.15) is 0 Å². The summed E-state index contributed by atoms with van der Waals surface area (Å²) in [5.74, 6) is 3.03. The number of amides is 1. The molecule has 0 unspecified atom stereocenters. The van der Waals surface area contributed by atoms with E-state index in [0.29, 0.717) is 18.2 Å². The first kappa shape index (κ1) is 17.0. The molecule has 2 heterocycles. The average Bonchev–Trinajstić information content (AvgIpc) is 3.17. The fourth-order valence-corrected chi connectivity index (χ4v) is 2.92. The van der Waals surface area contributed by atoms with Crippen molar-refractivity contribution >= 4 is 11.9 Å². The van der Waals surface area contributed by atoms with Gasteiger partial charge in [0.2, 0.25) is 5.95 Å². The standard InChI is InChI=1S/C20H22N4O/c1-3-12-24(15-17-8-6-16(2)7-9-17)19(25)18-10-11-21-20(22-18)23-13-4-5-14-23/h1,6-11H,4-5,12-15H2,2H3. The van der Waals surface area contributed by atoms with Gasteiger partial charge in [0.1, 0.15) is 5.69 Å². The van der Waals surface area contributed by atoms with Crippen molar-refractivity contribution in [3.63, 3.8) is 0 Å². The maximum absolute atomic E-state index is 12.9. The molecule has 1 aliphatic rings. The van der Waals surface area contributed by atoms with Crippen molar-refractivity contribution in [2.45, 2.75) is 26.3 Å². The van der Waals surface area contributed by atoms with Gasteiger partial charge < -0.3 is 9.80 Å². The van der Waals surface area contributed by atoms with Gasteiger partial charge in [0.15, 0.2) is 0 Å². The number of carbonyl (C=O) groups excluding carboxylic acids is 1. The number of carbonyl (C=O) groups is 1. The van der Waals surface area contributed by atoms with E-state index in [2.05, 4.69) is 20.8 Å². The second kappa shape index (κ2) is 7.80. The highest BCUT2D eigenvalue weighted by Gasteiger charge is 2.20. The van der Waals surface area contributed by atoms with Crippen LogP contribution in [0.1, 0.15) is 34.5 Å². The van der Waals surface area contributed by atoms with E-state index in [1.54, 1.807) is 17.2 Å². The summed E-state index contributed by atoms with van der Waals surface area (Å²) in [6, 6.07) is 9.75. The van der Waals surface area contributed by atoms with Gasteiger partial charge in [-0.25, -0.2) is 9.97 Å². The van der Waals surface area contributed by atoms with Crippen LogP contribution in [-0.4, -0.2) is 40.4 Å². The molecule has 1 aromatic heterocycles. The van der Waals surface area contributed by atoms with Crippen molar-refractivity contribution in [1.82, 2.24) is 14.9 Å². The van der Waals surface area contributed by atoms with Crippen LogP contribution in [0, 0.1) is 19.3 Å². The van der Waals surface area contributed by atoms with Crippen LogP contribution in [0.25, 0.3) is 0 Å². The van der Waals surface area contributed by atoms with Crippen molar-refractivity contribution < 1.29 is 4.79 Å². The van der Waals surface area contributed by atoms with Crippen LogP contribution in [0.15, 0.2) is 36.5 Å². The minimum absolute atomic E-state index is 0.165. The summed E-state index contributed by atoms with van der Waals surface area (Å²) in [6.07, 6.45) is 9.39. The average molecular weight is 334 g/mol. The van der Waals surface area contributed by atoms with E-state index in [0.717, 1.165) is 31.5 Å². The van der Waals surface area contributed by atoms with Gasteiger partial charge >= 0.3 is 0 Å². The molecule has 128 valence electrons. The van der Waals surface area contributed by atoms with Crippen LogP contribution >= 0.6 is 0 Å². The van der Waals surface area contributed by atoms with Crippen LogP contribution in [0.3, 0.4) is 0 Å². The van der Waals surface area contributed by atoms with Crippen LogP contribution in [0.2, 0.25) is 0 Å².